The van der Waals surface area contributed by atoms with Gasteiger partial charge >= 0.3 is 0 Å². The van der Waals surface area contributed by atoms with Crippen molar-refractivity contribution in [2.75, 3.05) is 6.54 Å². The van der Waals surface area contributed by atoms with E-state index in [-0.39, 0.29) is 0 Å². The summed E-state index contributed by atoms with van der Waals surface area (Å²) in [7, 11) is 0. The van der Waals surface area contributed by atoms with Crippen LogP contribution in [0.3, 0.4) is 0 Å². The normalized spacial score (nSPS) is 13.2. The van der Waals surface area contributed by atoms with Gasteiger partial charge in [-0.05, 0) is 48.9 Å². The maximum absolute atomic E-state index is 6.09. The van der Waals surface area contributed by atoms with Crippen molar-refractivity contribution in [2.24, 2.45) is 11.8 Å². The Morgan fingerprint density at radius 3 is 2.45 bits per heavy atom. The fraction of sp³-hybridized carbons (Fsp3) is 0.667. The average molecular weight is 296 g/mol. The Kier molecular flexibility index (Phi) is 8.25. The first-order valence-corrected chi connectivity index (χ1v) is 8.33. The maximum atomic E-state index is 6.09. The van der Waals surface area contributed by atoms with Crippen LogP contribution in [0.5, 0.6) is 0 Å². The highest BCUT2D eigenvalue weighted by Crippen LogP contribution is 2.19. The molecular weight excluding hydrogens is 266 g/mol. The lowest BCUT2D eigenvalue weighted by Crippen LogP contribution is -2.30. The van der Waals surface area contributed by atoms with E-state index in [4.69, 9.17) is 11.6 Å². The summed E-state index contributed by atoms with van der Waals surface area (Å²) >= 11 is 6.09. The van der Waals surface area contributed by atoms with E-state index >= 15 is 0 Å². The molecule has 0 aliphatic carbocycles. The molecule has 0 aromatic heterocycles. The minimum atomic E-state index is 0.557. The van der Waals surface area contributed by atoms with Crippen LogP contribution in [0.2, 0.25) is 5.02 Å². The van der Waals surface area contributed by atoms with Gasteiger partial charge in [0.2, 0.25) is 0 Å². The van der Waals surface area contributed by atoms with Crippen LogP contribution >= 0.6 is 11.6 Å². The number of hydrogen-bond acceptors (Lipinski definition) is 1. The zero-order valence-corrected chi connectivity index (χ0v) is 14.2. The van der Waals surface area contributed by atoms with Gasteiger partial charge in [0.1, 0.15) is 0 Å². The van der Waals surface area contributed by atoms with Crippen molar-refractivity contribution < 1.29 is 0 Å². The second kappa shape index (κ2) is 9.41. The molecule has 0 radical (unpaired) electrons. The van der Waals surface area contributed by atoms with Crippen LogP contribution in [-0.4, -0.2) is 12.6 Å². The second-order valence-corrected chi connectivity index (χ2v) is 7.02. The fourth-order valence-electron chi connectivity index (χ4n) is 2.49. The minimum absolute atomic E-state index is 0.557. The average Bonchev–Trinajstić information content (AvgIpc) is 2.35. The first-order chi connectivity index (χ1) is 9.47. The van der Waals surface area contributed by atoms with E-state index in [1.54, 1.807) is 0 Å². The highest BCUT2D eigenvalue weighted by Gasteiger charge is 2.11. The number of nitrogens with one attached hydrogen (secondary N) is 1. The molecule has 0 saturated carbocycles. The van der Waals surface area contributed by atoms with E-state index < -0.39 is 0 Å². The van der Waals surface area contributed by atoms with E-state index in [1.807, 2.05) is 6.07 Å². The van der Waals surface area contributed by atoms with E-state index in [2.05, 4.69) is 51.2 Å². The summed E-state index contributed by atoms with van der Waals surface area (Å²) in [5, 5.41) is 4.43. The molecule has 0 amide bonds. The highest BCUT2D eigenvalue weighted by molar-refractivity contribution is 6.30. The van der Waals surface area contributed by atoms with Crippen LogP contribution < -0.4 is 5.32 Å². The Balaban J connectivity index is 2.52. The molecule has 0 saturated heterocycles. The summed E-state index contributed by atoms with van der Waals surface area (Å²) in [6, 6.07) is 8.86. The van der Waals surface area contributed by atoms with Gasteiger partial charge in [0.15, 0.2) is 0 Å². The minimum Gasteiger partial charge on any atom is -0.314 e. The van der Waals surface area contributed by atoms with Gasteiger partial charge in [-0.2, -0.15) is 0 Å². The molecule has 1 atom stereocenters. The van der Waals surface area contributed by atoms with Crippen molar-refractivity contribution in [3.63, 3.8) is 0 Å². The smallest absolute Gasteiger partial charge is 0.0408 e. The van der Waals surface area contributed by atoms with Crippen LogP contribution in [0, 0.1) is 11.8 Å². The molecular formula is C18H30ClN. The molecule has 0 heterocycles. The fourth-order valence-corrected chi connectivity index (χ4v) is 2.70. The van der Waals surface area contributed by atoms with E-state index in [9.17, 15) is 0 Å². The van der Waals surface area contributed by atoms with Gasteiger partial charge in [-0.25, -0.2) is 0 Å². The lowest BCUT2D eigenvalue weighted by molar-refractivity contribution is 0.393. The molecule has 1 aromatic rings. The monoisotopic (exact) mass is 295 g/mol. The molecule has 0 bridgehead atoms. The topological polar surface area (TPSA) is 12.0 Å². The first kappa shape index (κ1) is 17.5. The Labute approximate surface area is 130 Å². The highest BCUT2D eigenvalue weighted by atomic mass is 35.5. The number of hydrogen-bond donors (Lipinski definition) is 1. The summed E-state index contributed by atoms with van der Waals surface area (Å²) in [6.45, 7) is 10.1. The first-order valence-electron chi connectivity index (χ1n) is 7.95. The lowest BCUT2D eigenvalue weighted by atomic mass is 9.92. The molecule has 20 heavy (non-hydrogen) atoms. The van der Waals surface area contributed by atoms with Gasteiger partial charge in [-0.15, -0.1) is 0 Å². The zero-order valence-electron chi connectivity index (χ0n) is 13.5. The van der Waals surface area contributed by atoms with E-state index in [0.717, 1.165) is 23.9 Å². The van der Waals surface area contributed by atoms with Crippen LogP contribution in [-0.2, 0) is 6.42 Å². The number of benzene rings is 1. The maximum Gasteiger partial charge on any atom is 0.0408 e. The Morgan fingerprint density at radius 2 is 1.85 bits per heavy atom. The quantitative estimate of drug-likeness (QED) is 0.650. The van der Waals surface area contributed by atoms with Crippen molar-refractivity contribution >= 4 is 11.6 Å². The molecule has 1 rings (SSSR count). The van der Waals surface area contributed by atoms with Gasteiger partial charge in [-0.1, -0.05) is 64.3 Å². The molecule has 2 heteroatoms. The van der Waals surface area contributed by atoms with Crippen LogP contribution in [0.4, 0.5) is 0 Å². The number of rotatable bonds is 9. The summed E-state index contributed by atoms with van der Waals surface area (Å²) in [5.74, 6) is 1.51. The van der Waals surface area contributed by atoms with Crippen LogP contribution in [0.1, 0.15) is 52.5 Å². The predicted molar refractivity (Wildman–Crippen MR) is 90.5 cm³/mol. The largest absolute Gasteiger partial charge is 0.314 e. The Bertz CT molecular complexity index is 373. The predicted octanol–water partition coefficient (Wildman–Crippen LogP) is 5.32. The zero-order chi connectivity index (χ0) is 15.0. The summed E-state index contributed by atoms with van der Waals surface area (Å²) in [6.07, 6.45) is 5.07. The van der Waals surface area contributed by atoms with Gasteiger partial charge in [0, 0.05) is 11.1 Å². The molecule has 0 fully saturated rings. The molecule has 1 unspecified atom stereocenters. The summed E-state index contributed by atoms with van der Waals surface area (Å²) in [4.78, 5) is 0. The molecule has 1 N–H and O–H groups in total. The molecule has 0 aliphatic rings. The van der Waals surface area contributed by atoms with Gasteiger partial charge in [-0.3, -0.25) is 0 Å². The Morgan fingerprint density at radius 1 is 1.10 bits per heavy atom. The third kappa shape index (κ3) is 7.91. The second-order valence-electron chi connectivity index (χ2n) is 6.59. The number of halogens is 1. The van der Waals surface area contributed by atoms with Crippen molar-refractivity contribution in [1.82, 2.24) is 5.32 Å². The van der Waals surface area contributed by atoms with Gasteiger partial charge in [0.25, 0.3) is 0 Å². The third-order valence-electron chi connectivity index (χ3n) is 3.62. The van der Waals surface area contributed by atoms with Gasteiger partial charge < -0.3 is 5.32 Å². The van der Waals surface area contributed by atoms with Crippen molar-refractivity contribution in [2.45, 2.75) is 59.4 Å². The van der Waals surface area contributed by atoms with Crippen LogP contribution in [0.15, 0.2) is 24.3 Å². The standard InChI is InChI=1S/C18H30ClN/c1-14(2)7-5-9-17(13-20-15(3)4)11-16-8-6-10-18(19)12-16/h6,8,10,12,14-15,17,20H,5,7,9,11,13H2,1-4H3. The van der Waals surface area contributed by atoms with E-state index in [1.165, 1.54) is 24.8 Å². The molecule has 114 valence electrons. The third-order valence-corrected chi connectivity index (χ3v) is 3.86. The Hall–Kier alpha value is -0.530. The molecule has 1 aromatic carbocycles. The van der Waals surface area contributed by atoms with Gasteiger partial charge in [0.05, 0.1) is 0 Å². The van der Waals surface area contributed by atoms with E-state index in [0.29, 0.717) is 12.0 Å². The van der Waals surface area contributed by atoms with Crippen molar-refractivity contribution in [1.29, 1.82) is 0 Å². The summed E-state index contributed by atoms with van der Waals surface area (Å²) in [5.41, 5.74) is 1.36. The summed E-state index contributed by atoms with van der Waals surface area (Å²) < 4.78 is 0. The SMILES string of the molecule is CC(C)CCCC(CNC(C)C)Cc1cccc(Cl)c1. The lowest BCUT2D eigenvalue weighted by Gasteiger charge is -2.20. The van der Waals surface area contributed by atoms with Crippen LogP contribution in [0.25, 0.3) is 0 Å². The van der Waals surface area contributed by atoms with Crippen molar-refractivity contribution in [3.05, 3.63) is 34.9 Å². The van der Waals surface area contributed by atoms with Crippen molar-refractivity contribution in [3.8, 4) is 0 Å². The molecule has 1 nitrogen and oxygen atoms in total. The molecule has 0 spiro atoms. The molecule has 0 aliphatic heterocycles.